The summed E-state index contributed by atoms with van der Waals surface area (Å²) in [5.41, 5.74) is 0.792. The number of carbonyl (C=O) groups excluding carboxylic acids is 1. The Labute approximate surface area is 118 Å². The smallest absolute Gasteiger partial charge is 0.345 e. The summed E-state index contributed by atoms with van der Waals surface area (Å²) in [4.78, 5) is 12.0. The lowest BCUT2D eigenvalue weighted by atomic mass is 10.1. The van der Waals surface area contributed by atoms with Gasteiger partial charge in [0.25, 0.3) is 0 Å². The second-order valence-electron chi connectivity index (χ2n) is 4.33. The predicted molar refractivity (Wildman–Crippen MR) is 66.1 cm³/mol. The molecule has 0 saturated heterocycles. The molecule has 1 amide bonds. The predicted octanol–water partition coefficient (Wildman–Crippen LogP) is 1.14. The zero-order chi connectivity index (χ0) is 15.3. The summed E-state index contributed by atoms with van der Waals surface area (Å²) in [7, 11) is 0. The molecule has 112 valence electrons. The highest BCUT2D eigenvalue weighted by molar-refractivity contribution is 5.80. The van der Waals surface area contributed by atoms with Gasteiger partial charge in [0.1, 0.15) is 18.9 Å². The van der Waals surface area contributed by atoms with Crippen molar-refractivity contribution in [3.05, 3.63) is 42.2 Å². The molecule has 0 spiro atoms. The molecule has 21 heavy (non-hydrogen) atoms. The molecule has 1 aromatic heterocycles. The number of amides is 1. The number of hydrogen-bond acceptors (Lipinski definition) is 4. The maximum atomic E-state index is 12.2. The number of hydrogen-bond donors (Lipinski definition) is 1. The van der Waals surface area contributed by atoms with Gasteiger partial charge in [-0.2, -0.15) is 13.2 Å². The van der Waals surface area contributed by atoms with Crippen LogP contribution >= 0.6 is 0 Å². The van der Waals surface area contributed by atoms with Crippen LogP contribution in [0.25, 0.3) is 0 Å². The Hall–Kier alpha value is -2.45. The van der Waals surface area contributed by atoms with Crippen molar-refractivity contribution in [3.8, 4) is 0 Å². The highest BCUT2D eigenvalue weighted by atomic mass is 19.4. The monoisotopic (exact) mass is 299 g/mol. The maximum Gasteiger partial charge on any atom is 0.405 e. The topological polar surface area (TPSA) is 72.7 Å². The number of alkyl halides is 3. The summed E-state index contributed by atoms with van der Waals surface area (Å²) in [5, 5.41) is 12.3. The summed E-state index contributed by atoms with van der Waals surface area (Å²) in [6, 6.07) is 7.96. The van der Waals surface area contributed by atoms with Crippen LogP contribution in [0.3, 0.4) is 0 Å². The van der Waals surface area contributed by atoms with Crippen LogP contribution < -0.4 is 5.32 Å². The lowest BCUT2D eigenvalue weighted by molar-refractivity contribution is -0.140. The molecule has 0 aliphatic rings. The van der Waals surface area contributed by atoms with Gasteiger partial charge in [0.05, 0.1) is 0 Å². The maximum absolute atomic E-state index is 12.2. The van der Waals surface area contributed by atoms with Gasteiger partial charge in [-0.15, -0.1) is 5.10 Å². The molecule has 9 heteroatoms. The van der Waals surface area contributed by atoms with Crippen LogP contribution in [0.4, 0.5) is 13.2 Å². The fourth-order valence-electron chi connectivity index (χ4n) is 1.76. The Morgan fingerprint density at radius 1 is 1.29 bits per heavy atom. The van der Waals surface area contributed by atoms with Gasteiger partial charge >= 0.3 is 6.18 Å². The molecule has 2 aromatic rings. The van der Waals surface area contributed by atoms with Crippen molar-refractivity contribution in [2.45, 2.75) is 18.6 Å². The number of nitrogens with one attached hydrogen (secondary N) is 1. The molecule has 0 radical (unpaired) electrons. The van der Waals surface area contributed by atoms with Gasteiger partial charge in [-0.1, -0.05) is 30.3 Å². The second kappa shape index (κ2) is 6.33. The normalized spacial score (nSPS) is 12.9. The van der Waals surface area contributed by atoms with E-state index < -0.39 is 24.7 Å². The fourth-order valence-corrected chi connectivity index (χ4v) is 1.76. The highest BCUT2D eigenvalue weighted by Gasteiger charge is 2.30. The van der Waals surface area contributed by atoms with Crippen molar-refractivity contribution in [3.63, 3.8) is 0 Å². The fraction of sp³-hybridized carbons (Fsp3) is 0.333. The van der Waals surface area contributed by atoms with Crippen molar-refractivity contribution in [2.24, 2.45) is 0 Å². The van der Waals surface area contributed by atoms with E-state index in [1.807, 2.05) is 5.32 Å². The van der Waals surface area contributed by atoms with E-state index in [1.54, 1.807) is 30.3 Å². The number of halogens is 3. The third kappa shape index (κ3) is 4.55. The second-order valence-corrected chi connectivity index (χ2v) is 4.33. The van der Waals surface area contributed by atoms with Crippen LogP contribution in [0.5, 0.6) is 0 Å². The quantitative estimate of drug-likeness (QED) is 0.898. The van der Waals surface area contributed by atoms with Crippen molar-refractivity contribution in [1.29, 1.82) is 0 Å². The lowest BCUT2D eigenvalue weighted by Gasteiger charge is -2.17. The number of aromatic nitrogens is 4. The third-order valence-electron chi connectivity index (χ3n) is 2.72. The standard InChI is InChI=1S/C12H12F3N5O/c13-12(14,15)7-16-11(21)10(20-8-17-18-19-20)6-9-4-2-1-3-5-9/h1-5,8,10H,6-7H2,(H,16,21)/t10-/m1/s1. The Morgan fingerprint density at radius 2 is 2.00 bits per heavy atom. The summed E-state index contributed by atoms with van der Waals surface area (Å²) in [5.74, 6) is -0.788. The molecule has 0 aliphatic carbocycles. The summed E-state index contributed by atoms with van der Waals surface area (Å²) < 4.78 is 37.7. The SMILES string of the molecule is O=C(NCC(F)(F)F)[C@@H](Cc1ccccc1)n1cnnn1. The first-order chi connectivity index (χ1) is 9.96. The molecule has 0 unspecified atom stereocenters. The molecule has 2 rings (SSSR count). The molecule has 0 saturated carbocycles. The van der Waals surface area contributed by atoms with E-state index in [0.29, 0.717) is 0 Å². The van der Waals surface area contributed by atoms with Gasteiger partial charge < -0.3 is 5.32 Å². The minimum Gasteiger partial charge on any atom is -0.345 e. The summed E-state index contributed by atoms with van der Waals surface area (Å²) in [6.07, 6.45) is -3.08. The molecular formula is C12H12F3N5O. The van der Waals surface area contributed by atoms with E-state index in [-0.39, 0.29) is 6.42 Å². The minimum absolute atomic E-state index is 0.190. The van der Waals surface area contributed by atoms with Gasteiger partial charge in [-0.25, -0.2) is 4.68 Å². The average molecular weight is 299 g/mol. The number of nitrogens with zero attached hydrogens (tertiary/aromatic N) is 4. The zero-order valence-corrected chi connectivity index (χ0v) is 10.8. The molecule has 6 nitrogen and oxygen atoms in total. The first kappa shape index (κ1) is 14.9. The van der Waals surface area contributed by atoms with Crippen LogP contribution in [-0.2, 0) is 11.2 Å². The molecule has 1 atom stereocenters. The van der Waals surface area contributed by atoms with E-state index in [1.165, 1.54) is 6.33 Å². The van der Waals surface area contributed by atoms with E-state index in [0.717, 1.165) is 10.2 Å². The molecule has 0 bridgehead atoms. The molecule has 1 heterocycles. The van der Waals surface area contributed by atoms with Gasteiger partial charge in [0.2, 0.25) is 5.91 Å². The molecule has 1 N–H and O–H groups in total. The number of tetrazole rings is 1. The molecule has 0 aliphatic heterocycles. The summed E-state index contributed by atoms with van der Waals surface area (Å²) in [6.45, 7) is -1.39. The number of carbonyl (C=O) groups is 1. The van der Waals surface area contributed by atoms with Gasteiger partial charge in [-0.05, 0) is 16.0 Å². The first-order valence-electron chi connectivity index (χ1n) is 6.06. The van der Waals surface area contributed by atoms with Crippen molar-refractivity contribution in [2.75, 3.05) is 6.54 Å². The molecular weight excluding hydrogens is 287 g/mol. The van der Waals surface area contributed by atoms with E-state index in [4.69, 9.17) is 0 Å². The van der Waals surface area contributed by atoms with Crippen LogP contribution in [0.15, 0.2) is 36.7 Å². The van der Waals surface area contributed by atoms with Crippen LogP contribution in [0.1, 0.15) is 11.6 Å². The summed E-state index contributed by atoms with van der Waals surface area (Å²) >= 11 is 0. The lowest BCUT2D eigenvalue weighted by Crippen LogP contribution is -2.39. The van der Waals surface area contributed by atoms with Crippen molar-refractivity contribution >= 4 is 5.91 Å². The number of benzene rings is 1. The highest BCUT2D eigenvalue weighted by Crippen LogP contribution is 2.16. The zero-order valence-electron chi connectivity index (χ0n) is 10.8. The molecule has 1 aromatic carbocycles. The Kier molecular flexibility index (Phi) is 4.51. The van der Waals surface area contributed by atoms with Gasteiger partial charge in [0.15, 0.2) is 0 Å². The minimum atomic E-state index is -4.46. The van der Waals surface area contributed by atoms with Crippen LogP contribution in [0, 0.1) is 0 Å². The Balaban J connectivity index is 2.11. The van der Waals surface area contributed by atoms with Crippen LogP contribution in [0.2, 0.25) is 0 Å². The third-order valence-corrected chi connectivity index (χ3v) is 2.72. The Bertz CT molecular complexity index is 570. The van der Waals surface area contributed by atoms with Crippen LogP contribution in [-0.4, -0.2) is 38.8 Å². The molecule has 0 fully saturated rings. The van der Waals surface area contributed by atoms with Gasteiger partial charge in [-0.3, -0.25) is 4.79 Å². The largest absolute Gasteiger partial charge is 0.405 e. The Morgan fingerprint density at radius 3 is 2.57 bits per heavy atom. The average Bonchev–Trinajstić information content (AvgIpc) is 2.96. The van der Waals surface area contributed by atoms with Crippen molar-refractivity contribution in [1.82, 2.24) is 25.5 Å². The number of rotatable bonds is 5. The van der Waals surface area contributed by atoms with E-state index in [2.05, 4.69) is 15.5 Å². The van der Waals surface area contributed by atoms with Gasteiger partial charge in [0, 0.05) is 6.42 Å². The first-order valence-corrected chi connectivity index (χ1v) is 6.06. The van der Waals surface area contributed by atoms with Crippen molar-refractivity contribution < 1.29 is 18.0 Å². The van der Waals surface area contributed by atoms with E-state index >= 15 is 0 Å². The van der Waals surface area contributed by atoms with E-state index in [9.17, 15) is 18.0 Å².